The number of rotatable bonds is 1. The molecule has 0 radical (unpaired) electrons. The Hall–Kier alpha value is -1.76. The number of nitrogen functional groups attached to an aromatic ring is 1. The highest BCUT2D eigenvalue weighted by molar-refractivity contribution is 6.29. The van der Waals surface area contributed by atoms with Crippen LogP contribution in [0.4, 0.5) is 16.6 Å². The lowest BCUT2D eigenvalue weighted by Crippen LogP contribution is -2.54. The standard InChI is InChI=1S/C14H22ClN5O2/c1-9-8-19(13(21)22-14(2,3)4)5-6-20(9)11-7-10(15)17-12(16)18-11/h7,9H,5-6,8H2,1-4H3,(H2,16,17,18)/t9-/m0/s1. The van der Waals surface area contributed by atoms with Gasteiger partial charge in [-0.2, -0.15) is 4.98 Å². The Morgan fingerprint density at radius 2 is 2.09 bits per heavy atom. The van der Waals surface area contributed by atoms with Crippen LogP contribution in [-0.4, -0.2) is 52.2 Å². The number of carbonyl (C=O) groups is 1. The van der Waals surface area contributed by atoms with Gasteiger partial charge in [0.1, 0.15) is 16.6 Å². The number of nitrogens with zero attached hydrogens (tertiary/aromatic N) is 4. The van der Waals surface area contributed by atoms with Crippen LogP contribution in [0.3, 0.4) is 0 Å². The zero-order chi connectivity index (χ0) is 16.5. The van der Waals surface area contributed by atoms with E-state index >= 15 is 0 Å². The lowest BCUT2D eigenvalue weighted by molar-refractivity contribution is 0.0218. The Morgan fingerprint density at radius 3 is 2.64 bits per heavy atom. The van der Waals surface area contributed by atoms with E-state index in [4.69, 9.17) is 22.1 Å². The minimum absolute atomic E-state index is 0.0756. The summed E-state index contributed by atoms with van der Waals surface area (Å²) in [5.74, 6) is 0.818. The molecule has 7 nitrogen and oxygen atoms in total. The zero-order valence-corrected chi connectivity index (χ0v) is 14.1. The molecule has 122 valence electrons. The van der Waals surface area contributed by atoms with E-state index in [9.17, 15) is 4.79 Å². The third-order valence-electron chi connectivity index (χ3n) is 3.27. The number of ether oxygens (including phenoxy) is 1. The van der Waals surface area contributed by atoms with E-state index < -0.39 is 5.60 Å². The van der Waals surface area contributed by atoms with Gasteiger partial charge in [-0.05, 0) is 27.7 Å². The van der Waals surface area contributed by atoms with Gasteiger partial charge in [0.2, 0.25) is 5.95 Å². The molecule has 1 aliphatic heterocycles. The molecule has 0 saturated carbocycles. The number of hydrogen-bond donors (Lipinski definition) is 1. The molecule has 0 spiro atoms. The largest absolute Gasteiger partial charge is 0.444 e. The lowest BCUT2D eigenvalue weighted by Gasteiger charge is -2.40. The van der Waals surface area contributed by atoms with E-state index in [1.54, 1.807) is 11.0 Å². The van der Waals surface area contributed by atoms with E-state index in [1.165, 1.54) is 0 Å². The number of piperazine rings is 1. The highest BCUT2D eigenvalue weighted by atomic mass is 35.5. The van der Waals surface area contributed by atoms with Crippen LogP contribution in [0.25, 0.3) is 0 Å². The molecule has 1 aromatic rings. The fourth-order valence-electron chi connectivity index (χ4n) is 2.36. The first-order valence-corrected chi connectivity index (χ1v) is 7.58. The summed E-state index contributed by atoms with van der Waals surface area (Å²) in [6, 6.07) is 1.75. The van der Waals surface area contributed by atoms with Gasteiger partial charge in [0, 0.05) is 31.7 Å². The van der Waals surface area contributed by atoms with Crippen LogP contribution < -0.4 is 10.6 Å². The molecule has 1 saturated heterocycles. The summed E-state index contributed by atoms with van der Waals surface area (Å²) in [6.45, 7) is 9.33. The third-order valence-corrected chi connectivity index (χ3v) is 3.47. The first-order valence-electron chi connectivity index (χ1n) is 7.20. The average molecular weight is 328 g/mol. The van der Waals surface area contributed by atoms with Gasteiger partial charge in [-0.15, -0.1) is 0 Å². The van der Waals surface area contributed by atoms with Crippen molar-refractivity contribution in [1.82, 2.24) is 14.9 Å². The fraction of sp³-hybridized carbons (Fsp3) is 0.643. The van der Waals surface area contributed by atoms with Crippen LogP contribution in [0.1, 0.15) is 27.7 Å². The second-order valence-corrected chi connectivity index (χ2v) is 6.76. The summed E-state index contributed by atoms with van der Waals surface area (Å²) in [4.78, 5) is 24.0. The fourth-order valence-corrected chi connectivity index (χ4v) is 2.54. The van der Waals surface area contributed by atoms with Crippen molar-refractivity contribution >= 4 is 29.5 Å². The van der Waals surface area contributed by atoms with Gasteiger partial charge in [0.25, 0.3) is 0 Å². The van der Waals surface area contributed by atoms with Crippen molar-refractivity contribution in [1.29, 1.82) is 0 Å². The second-order valence-electron chi connectivity index (χ2n) is 6.38. The Labute approximate surface area is 135 Å². The number of carbonyl (C=O) groups excluding carboxylic acids is 1. The number of halogens is 1. The number of amides is 1. The van der Waals surface area contributed by atoms with Crippen LogP contribution in [0, 0.1) is 0 Å². The van der Waals surface area contributed by atoms with E-state index in [-0.39, 0.29) is 18.1 Å². The molecule has 1 fully saturated rings. The maximum Gasteiger partial charge on any atom is 0.410 e. The quantitative estimate of drug-likeness (QED) is 0.796. The predicted octanol–water partition coefficient (Wildman–Crippen LogP) is 2.16. The Balaban J connectivity index is 2.05. The molecular weight excluding hydrogens is 306 g/mol. The molecule has 0 unspecified atom stereocenters. The van der Waals surface area contributed by atoms with Crippen molar-refractivity contribution in [2.75, 3.05) is 30.3 Å². The van der Waals surface area contributed by atoms with Crippen molar-refractivity contribution in [2.24, 2.45) is 0 Å². The minimum atomic E-state index is -0.494. The molecule has 2 rings (SSSR count). The van der Waals surface area contributed by atoms with E-state index in [2.05, 4.69) is 14.9 Å². The topological polar surface area (TPSA) is 84.6 Å². The Kier molecular flexibility index (Phi) is 4.65. The minimum Gasteiger partial charge on any atom is -0.444 e. The van der Waals surface area contributed by atoms with Crippen molar-refractivity contribution in [3.8, 4) is 0 Å². The summed E-state index contributed by atoms with van der Waals surface area (Å²) in [7, 11) is 0. The van der Waals surface area contributed by atoms with Gasteiger partial charge in [-0.25, -0.2) is 9.78 Å². The normalized spacial score (nSPS) is 19.2. The number of aromatic nitrogens is 2. The average Bonchev–Trinajstić information content (AvgIpc) is 2.35. The summed E-state index contributed by atoms with van der Waals surface area (Å²) < 4.78 is 5.41. The molecule has 1 aromatic heterocycles. The van der Waals surface area contributed by atoms with Crippen molar-refractivity contribution in [3.63, 3.8) is 0 Å². The van der Waals surface area contributed by atoms with Crippen LogP contribution in [-0.2, 0) is 4.74 Å². The highest BCUT2D eigenvalue weighted by Gasteiger charge is 2.30. The number of hydrogen-bond acceptors (Lipinski definition) is 6. The summed E-state index contributed by atoms with van der Waals surface area (Å²) in [5, 5.41) is 0.310. The maximum atomic E-state index is 12.1. The zero-order valence-electron chi connectivity index (χ0n) is 13.3. The van der Waals surface area contributed by atoms with E-state index in [1.807, 2.05) is 27.7 Å². The maximum absolute atomic E-state index is 12.1. The molecule has 0 aliphatic carbocycles. The summed E-state index contributed by atoms with van der Waals surface area (Å²) in [6.07, 6.45) is -0.292. The second kappa shape index (κ2) is 6.16. The molecule has 8 heteroatoms. The highest BCUT2D eigenvalue weighted by Crippen LogP contribution is 2.22. The monoisotopic (exact) mass is 327 g/mol. The van der Waals surface area contributed by atoms with Crippen LogP contribution >= 0.6 is 11.6 Å². The SMILES string of the molecule is C[C@H]1CN(C(=O)OC(C)(C)C)CCN1c1cc(Cl)nc(N)n1. The molecule has 1 atom stereocenters. The molecule has 0 bridgehead atoms. The molecule has 22 heavy (non-hydrogen) atoms. The van der Waals surface area contributed by atoms with Crippen LogP contribution in [0.15, 0.2) is 6.07 Å². The predicted molar refractivity (Wildman–Crippen MR) is 86.1 cm³/mol. The molecule has 2 heterocycles. The van der Waals surface area contributed by atoms with Gasteiger partial charge in [-0.3, -0.25) is 0 Å². The Morgan fingerprint density at radius 1 is 1.41 bits per heavy atom. The lowest BCUT2D eigenvalue weighted by atomic mass is 10.2. The van der Waals surface area contributed by atoms with Crippen LogP contribution in [0.5, 0.6) is 0 Å². The van der Waals surface area contributed by atoms with Crippen LogP contribution in [0.2, 0.25) is 5.15 Å². The molecule has 2 N–H and O–H groups in total. The first-order chi connectivity index (χ1) is 10.2. The first kappa shape index (κ1) is 16.6. The van der Waals surface area contributed by atoms with Gasteiger partial charge >= 0.3 is 6.09 Å². The van der Waals surface area contributed by atoms with Crippen molar-refractivity contribution < 1.29 is 9.53 Å². The molecular formula is C14H22ClN5O2. The number of anilines is 2. The third kappa shape index (κ3) is 4.13. The van der Waals surface area contributed by atoms with Crippen molar-refractivity contribution in [3.05, 3.63) is 11.2 Å². The van der Waals surface area contributed by atoms with Gasteiger partial charge in [0.15, 0.2) is 0 Å². The van der Waals surface area contributed by atoms with E-state index in [0.29, 0.717) is 30.6 Å². The van der Waals surface area contributed by atoms with Gasteiger partial charge in [0.05, 0.1) is 0 Å². The number of nitrogens with two attached hydrogens (primary N) is 1. The Bertz CT molecular complexity index is 540. The van der Waals surface area contributed by atoms with Gasteiger partial charge in [-0.1, -0.05) is 11.6 Å². The molecule has 1 amide bonds. The molecule has 0 aromatic carbocycles. The molecule has 1 aliphatic rings. The van der Waals surface area contributed by atoms with Crippen molar-refractivity contribution in [2.45, 2.75) is 39.3 Å². The summed E-state index contributed by atoms with van der Waals surface area (Å²) >= 11 is 5.93. The summed E-state index contributed by atoms with van der Waals surface area (Å²) in [5.41, 5.74) is 5.14. The smallest absolute Gasteiger partial charge is 0.410 e. The van der Waals surface area contributed by atoms with Gasteiger partial charge < -0.3 is 20.3 Å². The van der Waals surface area contributed by atoms with E-state index in [0.717, 1.165) is 0 Å².